The Morgan fingerprint density at radius 3 is 2.79 bits per heavy atom. The van der Waals surface area contributed by atoms with Crippen LogP contribution in [0.5, 0.6) is 0 Å². The fraction of sp³-hybridized carbons (Fsp3) is 0.385. The SMILES string of the molecule is O=C1CN(C(=O)NCCc2ccc(Cl)cc2)CCN1. The zero-order chi connectivity index (χ0) is 13.7. The molecule has 1 aromatic rings. The third-order valence-electron chi connectivity index (χ3n) is 2.93. The van der Waals surface area contributed by atoms with Crippen molar-refractivity contribution >= 4 is 23.5 Å². The number of rotatable bonds is 3. The van der Waals surface area contributed by atoms with Crippen molar-refractivity contribution in [2.75, 3.05) is 26.2 Å². The smallest absolute Gasteiger partial charge is 0.317 e. The number of carbonyl (C=O) groups excluding carboxylic acids is 2. The fourth-order valence-electron chi connectivity index (χ4n) is 1.89. The number of carbonyl (C=O) groups is 2. The molecule has 2 rings (SSSR count). The molecule has 0 aliphatic carbocycles. The van der Waals surface area contributed by atoms with Gasteiger partial charge in [0.05, 0.1) is 0 Å². The van der Waals surface area contributed by atoms with E-state index >= 15 is 0 Å². The second-order valence-corrected chi connectivity index (χ2v) is 4.82. The zero-order valence-corrected chi connectivity index (χ0v) is 11.2. The molecule has 0 radical (unpaired) electrons. The van der Waals surface area contributed by atoms with E-state index in [0.717, 1.165) is 12.0 Å². The van der Waals surface area contributed by atoms with Crippen molar-refractivity contribution in [3.63, 3.8) is 0 Å². The Morgan fingerprint density at radius 1 is 1.37 bits per heavy atom. The third-order valence-corrected chi connectivity index (χ3v) is 3.18. The summed E-state index contributed by atoms with van der Waals surface area (Å²) in [5.74, 6) is -0.112. The summed E-state index contributed by atoms with van der Waals surface area (Å²) in [7, 11) is 0. The summed E-state index contributed by atoms with van der Waals surface area (Å²) in [5.41, 5.74) is 1.11. The van der Waals surface area contributed by atoms with E-state index in [1.165, 1.54) is 4.90 Å². The molecule has 5 nitrogen and oxygen atoms in total. The lowest BCUT2D eigenvalue weighted by molar-refractivity contribution is -0.123. The average Bonchev–Trinajstić information content (AvgIpc) is 2.41. The van der Waals surface area contributed by atoms with Gasteiger partial charge in [-0.1, -0.05) is 23.7 Å². The number of nitrogens with one attached hydrogen (secondary N) is 2. The summed E-state index contributed by atoms with van der Waals surface area (Å²) in [6, 6.07) is 7.33. The van der Waals surface area contributed by atoms with E-state index in [9.17, 15) is 9.59 Å². The maximum Gasteiger partial charge on any atom is 0.317 e. The molecule has 0 spiro atoms. The predicted molar refractivity (Wildman–Crippen MR) is 73.1 cm³/mol. The average molecular weight is 282 g/mol. The Labute approximate surface area is 116 Å². The van der Waals surface area contributed by atoms with Gasteiger partial charge in [-0.3, -0.25) is 4.79 Å². The summed E-state index contributed by atoms with van der Waals surface area (Å²) < 4.78 is 0. The van der Waals surface area contributed by atoms with Crippen LogP contribution in [0.2, 0.25) is 5.02 Å². The number of hydrogen-bond donors (Lipinski definition) is 2. The number of halogens is 1. The van der Waals surface area contributed by atoms with Crippen LogP contribution in [-0.2, 0) is 11.2 Å². The predicted octanol–water partition coefficient (Wildman–Crippen LogP) is 1.02. The number of amides is 3. The number of piperazine rings is 1. The van der Waals surface area contributed by atoms with Crippen LogP contribution in [-0.4, -0.2) is 43.0 Å². The normalized spacial score (nSPS) is 15.0. The molecule has 0 aromatic heterocycles. The largest absolute Gasteiger partial charge is 0.353 e. The topological polar surface area (TPSA) is 61.4 Å². The highest BCUT2D eigenvalue weighted by molar-refractivity contribution is 6.30. The molecule has 1 aliphatic heterocycles. The second kappa shape index (κ2) is 6.43. The first kappa shape index (κ1) is 13.7. The van der Waals surface area contributed by atoms with Gasteiger partial charge in [0.1, 0.15) is 6.54 Å². The Hall–Kier alpha value is -1.75. The summed E-state index contributed by atoms with van der Waals surface area (Å²) in [6.45, 7) is 1.74. The lowest BCUT2D eigenvalue weighted by Crippen LogP contribution is -2.53. The first-order valence-corrected chi connectivity index (χ1v) is 6.57. The minimum Gasteiger partial charge on any atom is -0.353 e. The molecule has 2 N–H and O–H groups in total. The first-order chi connectivity index (χ1) is 9.15. The van der Waals surface area contributed by atoms with Crippen molar-refractivity contribution in [1.82, 2.24) is 15.5 Å². The molecule has 1 saturated heterocycles. The molecule has 3 amide bonds. The highest BCUT2D eigenvalue weighted by Gasteiger charge is 2.20. The molecule has 1 aromatic carbocycles. The fourth-order valence-corrected chi connectivity index (χ4v) is 2.01. The highest BCUT2D eigenvalue weighted by atomic mass is 35.5. The maximum absolute atomic E-state index is 11.8. The quantitative estimate of drug-likeness (QED) is 0.869. The van der Waals surface area contributed by atoms with Gasteiger partial charge >= 0.3 is 6.03 Å². The molecule has 0 saturated carbocycles. The van der Waals surface area contributed by atoms with Gasteiger partial charge in [0.25, 0.3) is 0 Å². The van der Waals surface area contributed by atoms with Gasteiger partial charge in [0.2, 0.25) is 5.91 Å². The van der Waals surface area contributed by atoms with E-state index in [1.807, 2.05) is 24.3 Å². The van der Waals surface area contributed by atoms with E-state index in [4.69, 9.17) is 11.6 Å². The molecular formula is C13H16ClN3O2. The number of nitrogens with zero attached hydrogens (tertiary/aromatic N) is 1. The lowest BCUT2D eigenvalue weighted by atomic mass is 10.1. The second-order valence-electron chi connectivity index (χ2n) is 4.38. The minimum atomic E-state index is -0.191. The van der Waals surface area contributed by atoms with Crippen molar-refractivity contribution in [2.45, 2.75) is 6.42 Å². The Balaban J connectivity index is 1.74. The van der Waals surface area contributed by atoms with Crippen LogP contribution < -0.4 is 10.6 Å². The molecule has 19 heavy (non-hydrogen) atoms. The summed E-state index contributed by atoms with van der Waals surface area (Å²) in [6.07, 6.45) is 0.739. The van der Waals surface area contributed by atoms with Gasteiger partial charge in [0, 0.05) is 24.7 Å². The van der Waals surface area contributed by atoms with Gasteiger partial charge in [0.15, 0.2) is 0 Å². The summed E-state index contributed by atoms with van der Waals surface area (Å²) in [5, 5.41) is 6.19. The molecule has 0 bridgehead atoms. The third kappa shape index (κ3) is 4.13. The molecule has 0 unspecified atom stereocenters. The molecular weight excluding hydrogens is 266 g/mol. The van der Waals surface area contributed by atoms with E-state index < -0.39 is 0 Å². The van der Waals surface area contributed by atoms with Crippen molar-refractivity contribution in [3.8, 4) is 0 Å². The zero-order valence-electron chi connectivity index (χ0n) is 10.5. The molecule has 6 heteroatoms. The van der Waals surface area contributed by atoms with Crippen molar-refractivity contribution in [3.05, 3.63) is 34.9 Å². The Kier molecular flexibility index (Phi) is 4.63. The van der Waals surface area contributed by atoms with Crippen LogP contribution >= 0.6 is 11.6 Å². The summed E-state index contributed by atoms with van der Waals surface area (Å²) >= 11 is 5.80. The van der Waals surface area contributed by atoms with E-state index in [2.05, 4.69) is 10.6 Å². The van der Waals surface area contributed by atoms with Crippen LogP contribution in [0.25, 0.3) is 0 Å². The van der Waals surface area contributed by atoms with Crippen LogP contribution in [0, 0.1) is 0 Å². The molecule has 1 aliphatic rings. The molecule has 102 valence electrons. The lowest BCUT2D eigenvalue weighted by Gasteiger charge is -2.26. The van der Waals surface area contributed by atoms with Crippen LogP contribution in [0.3, 0.4) is 0 Å². The molecule has 0 atom stereocenters. The van der Waals surface area contributed by atoms with Crippen molar-refractivity contribution < 1.29 is 9.59 Å². The molecule has 1 fully saturated rings. The van der Waals surface area contributed by atoms with E-state index in [0.29, 0.717) is 24.7 Å². The van der Waals surface area contributed by atoms with Gasteiger partial charge in [-0.15, -0.1) is 0 Å². The first-order valence-electron chi connectivity index (χ1n) is 6.19. The standard InChI is InChI=1S/C13H16ClN3O2/c14-11-3-1-10(2-4-11)5-6-16-13(19)17-8-7-15-12(18)9-17/h1-4H,5-9H2,(H,15,18)(H,16,19). The van der Waals surface area contributed by atoms with Crippen molar-refractivity contribution in [1.29, 1.82) is 0 Å². The van der Waals surface area contributed by atoms with Gasteiger partial charge in [-0.2, -0.15) is 0 Å². The van der Waals surface area contributed by atoms with Crippen LogP contribution in [0.4, 0.5) is 4.79 Å². The Bertz CT molecular complexity index is 461. The number of urea groups is 1. The maximum atomic E-state index is 11.8. The van der Waals surface area contributed by atoms with E-state index in [1.54, 1.807) is 0 Å². The monoisotopic (exact) mass is 281 g/mol. The van der Waals surface area contributed by atoms with Gasteiger partial charge in [-0.25, -0.2) is 4.79 Å². The van der Waals surface area contributed by atoms with Crippen LogP contribution in [0.15, 0.2) is 24.3 Å². The van der Waals surface area contributed by atoms with Gasteiger partial charge in [-0.05, 0) is 24.1 Å². The highest BCUT2D eigenvalue weighted by Crippen LogP contribution is 2.09. The Morgan fingerprint density at radius 2 is 2.11 bits per heavy atom. The van der Waals surface area contributed by atoms with Crippen LogP contribution in [0.1, 0.15) is 5.56 Å². The van der Waals surface area contributed by atoms with E-state index in [-0.39, 0.29) is 18.5 Å². The summed E-state index contributed by atoms with van der Waals surface area (Å²) in [4.78, 5) is 24.5. The molecule has 1 heterocycles. The van der Waals surface area contributed by atoms with Gasteiger partial charge < -0.3 is 15.5 Å². The van der Waals surface area contributed by atoms with Crippen molar-refractivity contribution in [2.24, 2.45) is 0 Å². The number of benzene rings is 1. The number of hydrogen-bond acceptors (Lipinski definition) is 2. The minimum absolute atomic E-state index is 0.112.